The fourth-order valence-electron chi connectivity index (χ4n) is 4.03. The van der Waals surface area contributed by atoms with E-state index in [0.29, 0.717) is 26.2 Å². The van der Waals surface area contributed by atoms with Crippen LogP contribution in [0.1, 0.15) is 24.2 Å². The molecule has 32 heavy (non-hydrogen) atoms. The van der Waals surface area contributed by atoms with Gasteiger partial charge in [-0.2, -0.15) is 0 Å². The zero-order valence-electron chi connectivity index (χ0n) is 18.5. The number of carbonyl (C=O) groups is 2. The lowest BCUT2D eigenvalue weighted by Crippen LogP contribution is -2.51. The Morgan fingerprint density at radius 2 is 1.56 bits per heavy atom. The van der Waals surface area contributed by atoms with Crippen molar-refractivity contribution in [1.29, 1.82) is 0 Å². The van der Waals surface area contributed by atoms with Gasteiger partial charge in [0.15, 0.2) is 0 Å². The Morgan fingerprint density at radius 1 is 0.938 bits per heavy atom. The van der Waals surface area contributed by atoms with E-state index >= 15 is 0 Å². The van der Waals surface area contributed by atoms with Crippen LogP contribution in [0.2, 0.25) is 0 Å². The molecule has 0 radical (unpaired) electrons. The highest BCUT2D eigenvalue weighted by Crippen LogP contribution is 2.23. The smallest absolute Gasteiger partial charge is 0.407 e. The summed E-state index contributed by atoms with van der Waals surface area (Å²) >= 11 is 0. The van der Waals surface area contributed by atoms with E-state index in [1.54, 1.807) is 4.90 Å². The highest BCUT2D eigenvalue weighted by Gasteiger charge is 2.24. The molecule has 2 aliphatic rings. The standard InChI is InChI=1S/C23H30N6O3/c1-18-25-20(27-9-5-6-10-27)15-21(26-18)28-11-13-29(14-12-28)22(30)16-24-23(31)32-17-19-7-3-2-4-8-19/h2-4,7-8,15H,5-6,9-14,16-17H2,1H3,(H,24,31). The summed E-state index contributed by atoms with van der Waals surface area (Å²) in [6.07, 6.45) is 1.81. The van der Waals surface area contributed by atoms with E-state index in [0.717, 1.165) is 36.1 Å². The average molecular weight is 439 g/mol. The predicted molar refractivity (Wildman–Crippen MR) is 122 cm³/mol. The van der Waals surface area contributed by atoms with E-state index in [1.165, 1.54) is 12.8 Å². The number of ether oxygens (including phenoxy) is 1. The van der Waals surface area contributed by atoms with Crippen molar-refractivity contribution < 1.29 is 14.3 Å². The lowest BCUT2D eigenvalue weighted by molar-refractivity contribution is -0.130. The Morgan fingerprint density at radius 3 is 2.22 bits per heavy atom. The van der Waals surface area contributed by atoms with Crippen LogP contribution in [-0.2, 0) is 16.1 Å². The van der Waals surface area contributed by atoms with Crippen molar-refractivity contribution in [2.45, 2.75) is 26.4 Å². The third kappa shape index (κ3) is 5.66. The monoisotopic (exact) mass is 438 g/mol. The molecule has 2 fully saturated rings. The quantitative estimate of drug-likeness (QED) is 0.737. The molecule has 0 atom stereocenters. The number of anilines is 2. The second-order valence-electron chi connectivity index (χ2n) is 8.11. The summed E-state index contributed by atoms with van der Waals surface area (Å²) in [5.41, 5.74) is 0.901. The molecule has 0 spiro atoms. The molecular weight excluding hydrogens is 408 g/mol. The van der Waals surface area contributed by atoms with E-state index in [9.17, 15) is 9.59 Å². The van der Waals surface area contributed by atoms with Crippen LogP contribution in [0.15, 0.2) is 36.4 Å². The zero-order chi connectivity index (χ0) is 22.3. The predicted octanol–water partition coefficient (Wildman–Crippen LogP) is 1.96. The van der Waals surface area contributed by atoms with Gasteiger partial charge in [-0.25, -0.2) is 14.8 Å². The van der Waals surface area contributed by atoms with Crippen LogP contribution >= 0.6 is 0 Å². The molecule has 2 aliphatic heterocycles. The molecule has 9 nitrogen and oxygen atoms in total. The Bertz CT molecular complexity index is 925. The Hall–Kier alpha value is -3.36. The van der Waals surface area contributed by atoms with Crippen molar-refractivity contribution in [1.82, 2.24) is 20.2 Å². The van der Waals surface area contributed by atoms with E-state index in [1.807, 2.05) is 37.3 Å². The lowest BCUT2D eigenvalue weighted by atomic mass is 10.2. The fraction of sp³-hybridized carbons (Fsp3) is 0.478. The van der Waals surface area contributed by atoms with Crippen molar-refractivity contribution in [3.05, 3.63) is 47.8 Å². The van der Waals surface area contributed by atoms with Gasteiger partial charge in [0, 0.05) is 45.3 Å². The summed E-state index contributed by atoms with van der Waals surface area (Å²) in [6, 6.07) is 11.5. The van der Waals surface area contributed by atoms with Gasteiger partial charge in [-0.3, -0.25) is 4.79 Å². The highest BCUT2D eigenvalue weighted by molar-refractivity contribution is 5.82. The number of aryl methyl sites for hydroxylation is 1. The fourth-order valence-corrected chi connectivity index (χ4v) is 4.03. The van der Waals surface area contributed by atoms with Crippen molar-refractivity contribution in [2.75, 3.05) is 55.6 Å². The number of piperazine rings is 1. The van der Waals surface area contributed by atoms with Gasteiger partial charge in [-0.05, 0) is 25.3 Å². The summed E-state index contributed by atoms with van der Waals surface area (Å²) in [4.78, 5) is 39.9. The van der Waals surface area contributed by atoms with E-state index < -0.39 is 6.09 Å². The average Bonchev–Trinajstić information content (AvgIpc) is 3.37. The molecule has 170 valence electrons. The number of rotatable bonds is 6. The molecule has 2 amide bonds. The van der Waals surface area contributed by atoms with Crippen molar-refractivity contribution in [3.63, 3.8) is 0 Å². The van der Waals surface area contributed by atoms with Crippen molar-refractivity contribution in [2.24, 2.45) is 0 Å². The molecule has 9 heteroatoms. The molecule has 1 aromatic heterocycles. The number of benzene rings is 1. The van der Waals surface area contributed by atoms with Gasteiger partial charge in [0.25, 0.3) is 0 Å². The molecule has 4 rings (SSSR count). The van der Waals surface area contributed by atoms with Crippen molar-refractivity contribution in [3.8, 4) is 0 Å². The van der Waals surface area contributed by atoms with Gasteiger partial charge < -0.3 is 24.8 Å². The number of carbonyl (C=O) groups excluding carboxylic acids is 2. The largest absolute Gasteiger partial charge is 0.445 e. The minimum Gasteiger partial charge on any atom is -0.445 e. The van der Waals surface area contributed by atoms with E-state index in [2.05, 4.69) is 31.2 Å². The first kappa shape index (κ1) is 21.9. The first-order chi connectivity index (χ1) is 15.6. The third-order valence-electron chi connectivity index (χ3n) is 5.79. The third-order valence-corrected chi connectivity index (χ3v) is 5.79. The number of nitrogens with zero attached hydrogens (tertiary/aromatic N) is 5. The molecular formula is C23H30N6O3. The summed E-state index contributed by atoms with van der Waals surface area (Å²) in [7, 11) is 0. The molecule has 0 bridgehead atoms. The SMILES string of the molecule is Cc1nc(N2CCCC2)cc(N2CCN(C(=O)CNC(=O)OCc3ccccc3)CC2)n1. The Balaban J connectivity index is 1.23. The number of alkyl carbamates (subject to hydrolysis) is 1. The van der Waals surface area contributed by atoms with Gasteiger partial charge in [-0.1, -0.05) is 30.3 Å². The topological polar surface area (TPSA) is 90.9 Å². The molecule has 0 aliphatic carbocycles. The minimum atomic E-state index is -0.591. The minimum absolute atomic E-state index is 0.0701. The molecule has 0 unspecified atom stereocenters. The number of nitrogens with one attached hydrogen (secondary N) is 1. The summed E-state index contributed by atoms with van der Waals surface area (Å²) in [6.45, 7) is 6.67. The van der Waals surface area contributed by atoms with E-state index in [-0.39, 0.29) is 19.1 Å². The normalized spacial score (nSPS) is 16.2. The maximum Gasteiger partial charge on any atom is 0.407 e. The molecule has 2 aromatic rings. The maximum atomic E-state index is 12.5. The van der Waals surface area contributed by atoms with Crippen LogP contribution in [0.5, 0.6) is 0 Å². The van der Waals surface area contributed by atoms with Crippen molar-refractivity contribution >= 4 is 23.6 Å². The number of aromatic nitrogens is 2. The second kappa shape index (κ2) is 10.3. The van der Waals surface area contributed by atoms with Gasteiger partial charge in [0.1, 0.15) is 30.6 Å². The molecule has 1 N–H and O–H groups in total. The molecule has 2 saturated heterocycles. The van der Waals surface area contributed by atoms with Crippen LogP contribution in [0.4, 0.5) is 16.4 Å². The lowest BCUT2D eigenvalue weighted by Gasteiger charge is -2.35. The zero-order valence-corrected chi connectivity index (χ0v) is 18.5. The van der Waals surface area contributed by atoms with Crippen LogP contribution < -0.4 is 15.1 Å². The Kier molecular flexibility index (Phi) is 7.03. The Labute approximate surface area is 188 Å². The summed E-state index contributed by atoms with van der Waals surface area (Å²) in [5.74, 6) is 2.55. The molecule has 0 saturated carbocycles. The maximum absolute atomic E-state index is 12.5. The second-order valence-corrected chi connectivity index (χ2v) is 8.11. The summed E-state index contributed by atoms with van der Waals surface area (Å²) < 4.78 is 5.16. The highest BCUT2D eigenvalue weighted by atomic mass is 16.5. The van der Waals surface area contributed by atoms with Crippen LogP contribution in [0.25, 0.3) is 0 Å². The van der Waals surface area contributed by atoms with Crippen LogP contribution in [0, 0.1) is 6.92 Å². The van der Waals surface area contributed by atoms with Gasteiger partial charge in [0.05, 0.1) is 0 Å². The van der Waals surface area contributed by atoms with E-state index in [4.69, 9.17) is 4.74 Å². The molecule has 1 aromatic carbocycles. The van der Waals surface area contributed by atoms with Gasteiger partial charge >= 0.3 is 6.09 Å². The van der Waals surface area contributed by atoms with Gasteiger partial charge in [0.2, 0.25) is 5.91 Å². The first-order valence-electron chi connectivity index (χ1n) is 11.2. The van der Waals surface area contributed by atoms with Crippen LogP contribution in [-0.4, -0.2) is 72.7 Å². The van der Waals surface area contributed by atoms with Crippen LogP contribution in [0.3, 0.4) is 0 Å². The molecule has 3 heterocycles. The number of hydrogen-bond acceptors (Lipinski definition) is 7. The summed E-state index contributed by atoms with van der Waals surface area (Å²) in [5, 5.41) is 2.55. The number of hydrogen-bond donors (Lipinski definition) is 1. The number of amides is 2. The first-order valence-corrected chi connectivity index (χ1v) is 11.2. The van der Waals surface area contributed by atoms with Gasteiger partial charge in [-0.15, -0.1) is 0 Å².